The van der Waals surface area contributed by atoms with Crippen molar-refractivity contribution in [2.24, 2.45) is 5.16 Å². The van der Waals surface area contributed by atoms with E-state index >= 15 is 0 Å². The average Bonchev–Trinajstić information content (AvgIpc) is 3.19. The lowest BCUT2D eigenvalue weighted by Crippen LogP contribution is -2.48. The Balaban J connectivity index is 1.54. The van der Waals surface area contributed by atoms with Gasteiger partial charge in [0.2, 0.25) is 6.23 Å². The van der Waals surface area contributed by atoms with Crippen molar-refractivity contribution in [2.75, 3.05) is 0 Å². The molecule has 0 radical (unpaired) electrons. The highest BCUT2D eigenvalue weighted by Crippen LogP contribution is 2.36. The van der Waals surface area contributed by atoms with Crippen molar-refractivity contribution in [1.82, 2.24) is 4.90 Å². The van der Waals surface area contributed by atoms with E-state index in [4.69, 9.17) is 21.2 Å². The van der Waals surface area contributed by atoms with Crippen LogP contribution in [0.2, 0.25) is 5.02 Å². The van der Waals surface area contributed by atoms with Gasteiger partial charge in [-0.2, -0.15) is 0 Å². The first-order valence-corrected chi connectivity index (χ1v) is 9.36. The number of carbonyl (C=O) groups excluding carboxylic acids is 1. The van der Waals surface area contributed by atoms with E-state index in [-0.39, 0.29) is 12.1 Å². The molecule has 2 heterocycles. The molecule has 4 rings (SSSR count). The fourth-order valence-corrected chi connectivity index (χ4v) is 3.76. The quantitative estimate of drug-likeness (QED) is 0.772. The molecule has 2 aromatic rings. The number of ether oxygens (including phenoxy) is 1. The van der Waals surface area contributed by atoms with Crippen molar-refractivity contribution in [3.63, 3.8) is 0 Å². The molecule has 1 amide bonds. The summed E-state index contributed by atoms with van der Waals surface area (Å²) < 4.78 is 5.65. The van der Waals surface area contributed by atoms with E-state index in [0.717, 1.165) is 16.8 Å². The van der Waals surface area contributed by atoms with Gasteiger partial charge in [-0.1, -0.05) is 59.2 Å². The first-order chi connectivity index (χ1) is 12.9. The summed E-state index contributed by atoms with van der Waals surface area (Å²) in [5.41, 5.74) is 2.27. The maximum absolute atomic E-state index is 12.6. The smallest absolute Gasteiger partial charge is 0.413 e. The summed E-state index contributed by atoms with van der Waals surface area (Å²) in [4.78, 5) is 20.0. The minimum atomic E-state index is -0.612. The van der Waals surface area contributed by atoms with Gasteiger partial charge >= 0.3 is 6.09 Å². The number of halogens is 1. The molecule has 0 spiro atoms. The highest BCUT2D eigenvalue weighted by molar-refractivity contribution is 6.30. The highest BCUT2D eigenvalue weighted by Gasteiger charge is 2.52. The molecule has 2 aliphatic heterocycles. The van der Waals surface area contributed by atoms with Gasteiger partial charge in [-0.25, -0.2) is 4.79 Å². The predicted octanol–water partition coefficient (Wildman–Crippen LogP) is 4.63. The number of oxime groups is 1. The second-order valence-corrected chi connectivity index (χ2v) is 7.83. The van der Waals surface area contributed by atoms with Crippen molar-refractivity contribution in [3.8, 4) is 0 Å². The molecule has 1 unspecified atom stereocenters. The lowest BCUT2D eigenvalue weighted by Gasteiger charge is -2.31. The lowest BCUT2D eigenvalue weighted by molar-refractivity contribution is -0.0285. The molecule has 5 nitrogen and oxygen atoms in total. The summed E-state index contributed by atoms with van der Waals surface area (Å²) in [7, 11) is 0. The van der Waals surface area contributed by atoms with E-state index in [1.165, 1.54) is 0 Å². The molecule has 1 saturated heterocycles. The van der Waals surface area contributed by atoms with Crippen molar-refractivity contribution in [2.45, 2.75) is 44.6 Å². The zero-order chi connectivity index (χ0) is 19.0. The van der Waals surface area contributed by atoms with Crippen LogP contribution in [0.25, 0.3) is 0 Å². The van der Waals surface area contributed by atoms with E-state index in [0.29, 0.717) is 17.9 Å². The number of hydrogen-bond acceptors (Lipinski definition) is 4. The molecule has 2 aromatic carbocycles. The number of cyclic esters (lactones) is 1. The highest BCUT2D eigenvalue weighted by atomic mass is 35.5. The van der Waals surface area contributed by atoms with E-state index in [2.05, 4.69) is 17.3 Å². The maximum atomic E-state index is 12.6. The fourth-order valence-electron chi connectivity index (χ4n) is 3.63. The Labute approximate surface area is 163 Å². The first kappa shape index (κ1) is 17.9. The van der Waals surface area contributed by atoms with Crippen LogP contribution in [0.5, 0.6) is 0 Å². The zero-order valence-corrected chi connectivity index (χ0v) is 16.0. The minimum Gasteiger partial charge on any atom is -0.441 e. The van der Waals surface area contributed by atoms with Crippen LogP contribution in [0.3, 0.4) is 0 Å². The summed E-state index contributed by atoms with van der Waals surface area (Å²) in [6.45, 7) is 3.88. The summed E-state index contributed by atoms with van der Waals surface area (Å²) >= 11 is 5.96. The van der Waals surface area contributed by atoms with Crippen molar-refractivity contribution < 1.29 is 14.4 Å². The van der Waals surface area contributed by atoms with Crippen LogP contribution in [0, 0.1) is 0 Å². The summed E-state index contributed by atoms with van der Waals surface area (Å²) in [6.07, 6.45) is 0.366. The van der Waals surface area contributed by atoms with E-state index in [1.54, 1.807) is 4.90 Å². The van der Waals surface area contributed by atoms with Gasteiger partial charge < -0.3 is 9.57 Å². The molecule has 2 aliphatic rings. The predicted molar refractivity (Wildman–Crippen MR) is 104 cm³/mol. The molecule has 0 bridgehead atoms. The summed E-state index contributed by atoms with van der Waals surface area (Å²) in [5.74, 6) is 0. The second kappa shape index (κ2) is 6.89. The third-order valence-corrected chi connectivity index (χ3v) is 5.36. The Morgan fingerprint density at radius 2 is 1.85 bits per heavy atom. The third-order valence-electron chi connectivity index (χ3n) is 5.11. The first-order valence-electron chi connectivity index (χ1n) is 8.98. The SMILES string of the molecule is CC1(C)OC(=O)N(C2CC(c3ccc(Cl)cc3)=NO2)[C@H]1Cc1ccccc1. The molecule has 0 N–H and O–H groups in total. The number of hydrogen-bond donors (Lipinski definition) is 0. The van der Waals surface area contributed by atoms with Crippen LogP contribution in [0.4, 0.5) is 4.79 Å². The molecule has 0 aliphatic carbocycles. The van der Waals surface area contributed by atoms with Crippen molar-refractivity contribution in [1.29, 1.82) is 0 Å². The van der Waals surface area contributed by atoms with Gasteiger partial charge in [0.25, 0.3) is 0 Å². The topological polar surface area (TPSA) is 51.1 Å². The Morgan fingerprint density at radius 1 is 1.15 bits per heavy atom. The number of amides is 1. The Kier molecular flexibility index (Phi) is 4.56. The number of nitrogens with zero attached hydrogens (tertiary/aromatic N) is 2. The second-order valence-electron chi connectivity index (χ2n) is 7.39. The maximum Gasteiger partial charge on any atom is 0.413 e. The van der Waals surface area contributed by atoms with Crippen LogP contribution in [0.15, 0.2) is 59.8 Å². The minimum absolute atomic E-state index is 0.142. The molecule has 0 saturated carbocycles. The van der Waals surface area contributed by atoms with Crippen LogP contribution in [-0.4, -0.2) is 34.6 Å². The lowest BCUT2D eigenvalue weighted by atomic mass is 9.91. The Morgan fingerprint density at radius 3 is 2.56 bits per heavy atom. The standard InChI is InChI=1S/C21H21ClN2O3/c1-21(2)18(12-14-6-4-3-5-7-14)24(20(25)26-21)19-13-17(23-27-19)15-8-10-16(22)11-9-15/h3-11,18-19H,12-13H2,1-2H3/t18-,19?/m0/s1. The Bertz CT molecular complexity index is 865. The molecular formula is C21H21ClN2O3. The zero-order valence-electron chi connectivity index (χ0n) is 15.3. The number of rotatable bonds is 4. The van der Waals surface area contributed by atoms with Gasteiger partial charge in [0.1, 0.15) is 5.60 Å². The Hall–Kier alpha value is -2.53. The van der Waals surface area contributed by atoms with E-state index in [9.17, 15) is 4.79 Å². The summed E-state index contributed by atoms with van der Waals surface area (Å²) in [5, 5.41) is 4.88. The largest absolute Gasteiger partial charge is 0.441 e. The van der Waals surface area contributed by atoms with Crippen LogP contribution >= 0.6 is 11.6 Å². The van der Waals surface area contributed by atoms with Gasteiger partial charge in [0.05, 0.1) is 18.2 Å². The van der Waals surface area contributed by atoms with Gasteiger partial charge in [-0.05, 0) is 43.5 Å². The molecule has 140 valence electrons. The van der Waals surface area contributed by atoms with Crippen LogP contribution in [0.1, 0.15) is 31.4 Å². The summed E-state index contributed by atoms with van der Waals surface area (Å²) in [6, 6.07) is 17.4. The molecule has 0 aromatic heterocycles. The van der Waals surface area contributed by atoms with Crippen molar-refractivity contribution in [3.05, 3.63) is 70.7 Å². The molecule has 1 fully saturated rings. The van der Waals surface area contributed by atoms with Gasteiger partial charge in [0.15, 0.2) is 0 Å². The van der Waals surface area contributed by atoms with Crippen molar-refractivity contribution >= 4 is 23.4 Å². The molecule has 27 heavy (non-hydrogen) atoms. The molecule has 2 atom stereocenters. The van der Waals surface area contributed by atoms with Gasteiger partial charge in [-0.15, -0.1) is 0 Å². The normalized spacial score (nSPS) is 23.7. The van der Waals surface area contributed by atoms with E-state index < -0.39 is 11.8 Å². The third kappa shape index (κ3) is 3.52. The van der Waals surface area contributed by atoms with Gasteiger partial charge in [-0.3, -0.25) is 4.90 Å². The molecular weight excluding hydrogens is 364 g/mol. The van der Waals surface area contributed by atoms with Gasteiger partial charge in [0, 0.05) is 5.02 Å². The average molecular weight is 385 g/mol. The van der Waals surface area contributed by atoms with Crippen LogP contribution in [-0.2, 0) is 16.0 Å². The fraction of sp³-hybridized carbons (Fsp3) is 0.333. The molecule has 6 heteroatoms. The monoisotopic (exact) mass is 384 g/mol. The number of carbonyl (C=O) groups is 1. The number of benzene rings is 2. The van der Waals surface area contributed by atoms with E-state index in [1.807, 2.05) is 56.3 Å². The van der Waals surface area contributed by atoms with Crippen LogP contribution < -0.4 is 0 Å².